The number of benzene rings is 2. The molecule has 7 nitrogen and oxygen atoms in total. The lowest BCUT2D eigenvalue weighted by molar-refractivity contribution is -0.384. The number of ether oxygens (including phenoxy) is 1. The Kier molecular flexibility index (Phi) is 4.92. The lowest BCUT2D eigenvalue weighted by atomic mass is 10.1. The number of carbonyl (C=O) groups excluding carboxylic acids is 1. The number of non-ortho nitro benzene ring substituents is 1. The topological polar surface area (TPSA) is 107 Å². The summed E-state index contributed by atoms with van der Waals surface area (Å²) >= 11 is 5.93. The molecule has 2 aromatic carbocycles. The maximum absolute atomic E-state index is 11.3. The van der Waals surface area contributed by atoms with Gasteiger partial charge in [0.15, 0.2) is 0 Å². The van der Waals surface area contributed by atoms with Crippen molar-refractivity contribution >= 4 is 23.2 Å². The number of nitro benzene ring substituents is 1. The molecule has 2 aromatic rings. The van der Waals surface area contributed by atoms with E-state index in [4.69, 9.17) is 22.2 Å². The van der Waals surface area contributed by atoms with Crippen LogP contribution in [0.3, 0.4) is 0 Å². The summed E-state index contributed by atoms with van der Waals surface area (Å²) in [6.07, 6.45) is 0. The van der Waals surface area contributed by atoms with E-state index < -0.39 is 4.92 Å². The van der Waals surface area contributed by atoms with Gasteiger partial charge in [-0.2, -0.15) is 0 Å². The smallest absolute Gasteiger partial charge is 0.271 e. The van der Waals surface area contributed by atoms with E-state index in [1.807, 2.05) is 5.43 Å². The fourth-order valence-electron chi connectivity index (χ4n) is 1.72. The van der Waals surface area contributed by atoms with Crippen molar-refractivity contribution in [2.24, 2.45) is 5.84 Å². The molecule has 1 amide bonds. The fraction of sp³-hybridized carbons (Fsp3) is 0.0714. The first-order chi connectivity index (χ1) is 10.5. The summed E-state index contributed by atoms with van der Waals surface area (Å²) in [5.41, 5.74) is 3.17. The lowest BCUT2D eigenvalue weighted by Gasteiger charge is -2.08. The zero-order chi connectivity index (χ0) is 16.1. The van der Waals surface area contributed by atoms with Gasteiger partial charge < -0.3 is 4.74 Å². The van der Waals surface area contributed by atoms with E-state index in [1.54, 1.807) is 24.3 Å². The van der Waals surface area contributed by atoms with Crippen LogP contribution >= 0.6 is 11.6 Å². The molecular formula is C14H12ClN3O4. The molecular weight excluding hydrogens is 310 g/mol. The number of hydrazine groups is 1. The molecule has 3 N–H and O–H groups in total. The number of carbonyl (C=O) groups is 1. The van der Waals surface area contributed by atoms with Crippen molar-refractivity contribution < 1.29 is 14.5 Å². The van der Waals surface area contributed by atoms with Crippen molar-refractivity contribution in [3.05, 3.63) is 68.7 Å². The quantitative estimate of drug-likeness (QED) is 0.380. The van der Waals surface area contributed by atoms with Crippen molar-refractivity contribution in [1.82, 2.24) is 5.43 Å². The van der Waals surface area contributed by atoms with Crippen LogP contribution < -0.4 is 16.0 Å². The monoisotopic (exact) mass is 321 g/mol. The molecule has 0 aliphatic heterocycles. The minimum Gasteiger partial charge on any atom is -0.487 e. The molecule has 0 saturated heterocycles. The van der Waals surface area contributed by atoms with Crippen molar-refractivity contribution in [3.8, 4) is 5.75 Å². The lowest BCUT2D eigenvalue weighted by Crippen LogP contribution is -2.29. The summed E-state index contributed by atoms with van der Waals surface area (Å²) in [5.74, 6) is 5.00. The molecule has 0 aromatic heterocycles. The third kappa shape index (κ3) is 3.72. The maximum atomic E-state index is 11.3. The van der Waals surface area contributed by atoms with Gasteiger partial charge in [-0.05, 0) is 23.8 Å². The second-order valence-electron chi connectivity index (χ2n) is 4.33. The molecule has 0 saturated carbocycles. The molecule has 0 spiro atoms. The van der Waals surface area contributed by atoms with Crippen molar-refractivity contribution in [2.75, 3.05) is 0 Å². The Morgan fingerprint density at radius 2 is 1.95 bits per heavy atom. The van der Waals surface area contributed by atoms with Crippen LogP contribution in [0.2, 0.25) is 5.02 Å². The number of nitrogens with zero attached hydrogens (tertiary/aromatic N) is 1. The molecule has 0 aliphatic rings. The molecule has 0 bridgehead atoms. The Morgan fingerprint density at radius 1 is 1.27 bits per heavy atom. The summed E-state index contributed by atoms with van der Waals surface area (Å²) in [6.45, 7) is 0.210. The van der Waals surface area contributed by atoms with E-state index in [2.05, 4.69) is 0 Å². The molecule has 22 heavy (non-hydrogen) atoms. The van der Waals surface area contributed by atoms with Crippen LogP contribution in [0.1, 0.15) is 15.9 Å². The largest absolute Gasteiger partial charge is 0.487 e. The molecule has 0 radical (unpaired) electrons. The molecule has 0 atom stereocenters. The van der Waals surface area contributed by atoms with Gasteiger partial charge in [0.2, 0.25) is 0 Å². The van der Waals surface area contributed by atoms with E-state index in [9.17, 15) is 14.9 Å². The molecule has 8 heteroatoms. The Hall–Kier alpha value is -2.64. The van der Waals surface area contributed by atoms with Crippen LogP contribution in [0.25, 0.3) is 0 Å². The van der Waals surface area contributed by atoms with E-state index in [0.717, 1.165) is 5.56 Å². The predicted molar refractivity (Wildman–Crippen MR) is 80.5 cm³/mol. The predicted octanol–water partition coefficient (Wildman–Crippen LogP) is 2.43. The number of nitrogen functional groups attached to an aromatic ring is 1. The summed E-state index contributed by atoms with van der Waals surface area (Å²) in [4.78, 5) is 21.4. The fourth-order valence-corrected chi connectivity index (χ4v) is 1.95. The standard InChI is InChI=1S/C14H12ClN3O4/c15-12-7-11(18(20)21)5-6-13(12)22-8-9-1-3-10(4-2-9)14(19)17-16/h1-7H,8,16H2,(H,17,19). The van der Waals surface area contributed by atoms with Gasteiger partial charge in [-0.15, -0.1) is 0 Å². The third-order valence-corrected chi connectivity index (χ3v) is 3.16. The van der Waals surface area contributed by atoms with Crippen LogP contribution in [0, 0.1) is 10.1 Å². The maximum Gasteiger partial charge on any atom is 0.271 e. The van der Waals surface area contributed by atoms with Gasteiger partial charge in [0.05, 0.1) is 9.95 Å². The van der Waals surface area contributed by atoms with E-state index in [0.29, 0.717) is 11.3 Å². The highest BCUT2D eigenvalue weighted by atomic mass is 35.5. The van der Waals surface area contributed by atoms with Crippen LogP contribution in [0.4, 0.5) is 5.69 Å². The van der Waals surface area contributed by atoms with Crippen LogP contribution in [0.15, 0.2) is 42.5 Å². The van der Waals surface area contributed by atoms with Gasteiger partial charge in [0, 0.05) is 17.7 Å². The number of halogens is 1. The first kappa shape index (κ1) is 15.7. The summed E-state index contributed by atoms with van der Waals surface area (Å²) in [5, 5.41) is 10.8. The number of nitrogens with two attached hydrogens (primary N) is 1. The van der Waals surface area contributed by atoms with Gasteiger partial charge in [-0.3, -0.25) is 20.3 Å². The van der Waals surface area contributed by atoms with Gasteiger partial charge >= 0.3 is 0 Å². The van der Waals surface area contributed by atoms with Gasteiger partial charge in [-0.25, -0.2) is 5.84 Å². The first-order valence-corrected chi connectivity index (χ1v) is 6.55. The summed E-state index contributed by atoms with van der Waals surface area (Å²) in [6, 6.07) is 10.6. The van der Waals surface area contributed by atoms with E-state index in [1.165, 1.54) is 18.2 Å². The SMILES string of the molecule is NNC(=O)c1ccc(COc2ccc([N+](=O)[O-])cc2Cl)cc1. The highest BCUT2D eigenvalue weighted by Crippen LogP contribution is 2.29. The first-order valence-electron chi connectivity index (χ1n) is 6.18. The second kappa shape index (κ2) is 6.88. The van der Waals surface area contributed by atoms with Gasteiger partial charge in [0.25, 0.3) is 11.6 Å². The number of amides is 1. The number of nitrogens with one attached hydrogen (secondary N) is 1. The zero-order valence-electron chi connectivity index (χ0n) is 11.3. The Bertz CT molecular complexity index is 704. The normalized spacial score (nSPS) is 10.1. The van der Waals surface area contributed by atoms with E-state index in [-0.39, 0.29) is 23.2 Å². The van der Waals surface area contributed by atoms with Gasteiger partial charge in [-0.1, -0.05) is 23.7 Å². The number of nitro groups is 1. The second-order valence-corrected chi connectivity index (χ2v) is 4.74. The van der Waals surface area contributed by atoms with Crippen molar-refractivity contribution in [2.45, 2.75) is 6.61 Å². The Balaban J connectivity index is 2.04. The number of hydrogen-bond acceptors (Lipinski definition) is 5. The minimum absolute atomic E-state index is 0.102. The average molecular weight is 322 g/mol. The Labute approximate surface area is 130 Å². The van der Waals surface area contributed by atoms with Crippen LogP contribution in [-0.4, -0.2) is 10.8 Å². The van der Waals surface area contributed by atoms with Crippen LogP contribution in [0.5, 0.6) is 5.75 Å². The number of rotatable bonds is 5. The molecule has 0 heterocycles. The van der Waals surface area contributed by atoms with Crippen molar-refractivity contribution in [1.29, 1.82) is 0 Å². The van der Waals surface area contributed by atoms with Crippen molar-refractivity contribution in [3.63, 3.8) is 0 Å². The van der Waals surface area contributed by atoms with Gasteiger partial charge in [0.1, 0.15) is 12.4 Å². The highest BCUT2D eigenvalue weighted by molar-refractivity contribution is 6.32. The summed E-state index contributed by atoms with van der Waals surface area (Å²) in [7, 11) is 0. The summed E-state index contributed by atoms with van der Waals surface area (Å²) < 4.78 is 5.50. The average Bonchev–Trinajstić information content (AvgIpc) is 2.53. The minimum atomic E-state index is -0.531. The Morgan fingerprint density at radius 3 is 2.50 bits per heavy atom. The zero-order valence-corrected chi connectivity index (χ0v) is 12.0. The number of hydrogen-bond donors (Lipinski definition) is 2. The van der Waals surface area contributed by atoms with Crippen LogP contribution in [-0.2, 0) is 6.61 Å². The third-order valence-electron chi connectivity index (χ3n) is 2.87. The van der Waals surface area contributed by atoms with E-state index >= 15 is 0 Å². The molecule has 114 valence electrons. The molecule has 0 aliphatic carbocycles. The highest BCUT2D eigenvalue weighted by Gasteiger charge is 2.10. The molecule has 0 fully saturated rings. The molecule has 0 unspecified atom stereocenters. The molecule has 2 rings (SSSR count).